The van der Waals surface area contributed by atoms with Crippen molar-refractivity contribution >= 4 is 17.5 Å². The van der Waals surface area contributed by atoms with Crippen molar-refractivity contribution in [1.82, 2.24) is 24.9 Å². The number of aliphatic hydroxyl groups is 1. The molecule has 3 saturated carbocycles. The number of aryl methyl sites for hydroxylation is 1. The van der Waals surface area contributed by atoms with Crippen molar-refractivity contribution in [2.45, 2.75) is 70.1 Å². The molecule has 3 aliphatic rings. The van der Waals surface area contributed by atoms with Crippen molar-refractivity contribution in [2.24, 2.45) is 24.8 Å². The Morgan fingerprint density at radius 2 is 1.68 bits per heavy atom. The van der Waals surface area contributed by atoms with Crippen LogP contribution in [-0.4, -0.2) is 42.5 Å². The Labute approximate surface area is 222 Å². The first-order chi connectivity index (χ1) is 18.2. The highest BCUT2D eigenvalue weighted by atomic mass is 16.3. The molecule has 0 bridgehead atoms. The van der Waals surface area contributed by atoms with Gasteiger partial charge in [0, 0.05) is 36.1 Å². The van der Waals surface area contributed by atoms with Gasteiger partial charge in [0.2, 0.25) is 5.91 Å². The number of nitrogens with zero attached hydrogens (tertiary/aromatic N) is 4. The van der Waals surface area contributed by atoms with Crippen LogP contribution in [0.25, 0.3) is 11.3 Å². The van der Waals surface area contributed by atoms with Crippen LogP contribution < -0.4 is 10.6 Å². The van der Waals surface area contributed by atoms with E-state index in [0.29, 0.717) is 23.2 Å². The van der Waals surface area contributed by atoms with Gasteiger partial charge < -0.3 is 15.7 Å². The second kappa shape index (κ2) is 9.38. The van der Waals surface area contributed by atoms with E-state index in [1.807, 2.05) is 45.2 Å². The minimum absolute atomic E-state index is 0.0415. The lowest BCUT2D eigenvalue weighted by Crippen LogP contribution is -2.50. The molecule has 0 aliphatic heterocycles. The Bertz CT molecular complexity index is 1330. The van der Waals surface area contributed by atoms with Crippen molar-refractivity contribution < 1.29 is 14.7 Å². The molecular weight excluding hydrogens is 480 g/mol. The summed E-state index contributed by atoms with van der Waals surface area (Å²) in [5.41, 5.74) is 3.02. The summed E-state index contributed by atoms with van der Waals surface area (Å²) >= 11 is 0. The van der Waals surface area contributed by atoms with Gasteiger partial charge in [-0.1, -0.05) is 12.1 Å². The van der Waals surface area contributed by atoms with E-state index in [4.69, 9.17) is 0 Å². The maximum Gasteiger partial charge on any atom is 0.270 e. The van der Waals surface area contributed by atoms with Crippen LogP contribution in [-0.2, 0) is 17.4 Å². The van der Waals surface area contributed by atoms with Crippen LogP contribution in [0, 0.1) is 17.8 Å². The maximum absolute atomic E-state index is 13.7. The van der Waals surface area contributed by atoms with E-state index in [9.17, 15) is 14.7 Å². The summed E-state index contributed by atoms with van der Waals surface area (Å²) < 4.78 is 3.47. The lowest BCUT2D eigenvalue weighted by Gasteiger charge is -2.28. The summed E-state index contributed by atoms with van der Waals surface area (Å²) in [6.07, 6.45) is 9.30. The summed E-state index contributed by atoms with van der Waals surface area (Å²) in [7, 11) is 1.87. The third kappa shape index (κ3) is 4.75. The first-order valence-corrected chi connectivity index (χ1v) is 13.8. The Morgan fingerprint density at radius 3 is 2.26 bits per heavy atom. The van der Waals surface area contributed by atoms with Crippen LogP contribution >= 0.6 is 0 Å². The van der Waals surface area contributed by atoms with E-state index < -0.39 is 11.6 Å². The normalized spacial score (nSPS) is 19.0. The average molecular weight is 517 g/mol. The number of benzene rings is 1. The van der Waals surface area contributed by atoms with Gasteiger partial charge in [-0.25, -0.2) is 0 Å². The van der Waals surface area contributed by atoms with Crippen LogP contribution in [0.15, 0.2) is 42.7 Å². The molecule has 38 heavy (non-hydrogen) atoms. The fourth-order valence-corrected chi connectivity index (χ4v) is 5.79. The van der Waals surface area contributed by atoms with Gasteiger partial charge in [-0.05, 0) is 88.3 Å². The standard InChI is InChI=1S/C29H36N6O3/c1-17(2)35-23(12-15-30-35)27(36)33-25(24(18-4-5-18)19-6-7-19)28(37)32-21-10-8-20(9-11-21)26-22(16-31-34(26)3)29(38)13-14-29/h8-12,15-19,24-25,38H,4-7,13-14H2,1-3H3,(H,32,37)(H,33,36)/t25-/m0/s1. The highest BCUT2D eigenvalue weighted by Gasteiger charge is 2.48. The topological polar surface area (TPSA) is 114 Å². The number of anilines is 1. The van der Waals surface area contributed by atoms with Gasteiger partial charge in [-0.15, -0.1) is 0 Å². The predicted octanol–water partition coefficient (Wildman–Crippen LogP) is 4.02. The fraction of sp³-hybridized carbons (Fsp3) is 0.517. The second-order valence-electron chi connectivity index (χ2n) is 11.6. The molecule has 3 fully saturated rings. The Balaban J connectivity index is 1.22. The molecule has 3 aliphatic carbocycles. The zero-order valence-electron chi connectivity index (χ0n) is 22.2. The SMILES string of the molecule is CC(C)n1nccc1C(=O)N[C@H](C(=O)Nc1ccc(-c2c(C3(O)CC3)cnn2C)cc1)C(C1CC1)C1CC1. The quantitative estimate of drug-likeness (QED) is 0.377. The smallest absolute Gasteiger partial charge is 0.270 e. The van der Waals surface area contributed by atoms with Gasteiger partial charge in [-0.3, -0.25) is 19.0 Å². The van der Waals surface area contributed by atoms with Gasteiger partial charge in [0.05, 0.1) is 17.5 Å². The summed E-state index contributed by atoms with van der Waals surface area (Å²) in [6, 6.07) is 8.77. The second-order valence-corrected chi connectivity index (χ2v) is 11.6. The number of aromatic nitrogens is 4. The number of hydrogen-bond acceptors (Lipinski definition) is 5. The molecule has 200 valence electrons. The first kappa shape index (κ1) is 24.9. The highest BCUT2D eigenvalue weighted by Crippen LogP contribution is 2.51. The van der Waals surface area contributed by atoms with E-state index in [1.165, 1.54) is 0 Å². The Morgan fingerprint density at radius 1 is 1.03 bits per heavy atom. The number of carbonyl (C=O) groups is 2. The molecule has 2 aromatic heterocycles. The lowest BCUT2D eigenvalue weighted by molar-refractivity contribution is -0.119. The van der Waals surface area contributed by atoms with Crippen LogP contribution in [0.2, 0.25) is 0 Å². The number of nitrogens with one attached hydrogen (secondary N) is 2. The predicted molar refractivity (Wildman–Crippen MR) is 143 cm³/mol. The van der Waals surface area contributed by atoms with Gasteiger partial charge in [0.15, 0.2) is 0 Å². The number of carbonyl (C=O) groups excluding carboxylic acids is 2. The Hall–Kier alpha value is -3.46. The van der Waals surface area contributed by atoms with Crippen molar-refractivity contribution in [2.75, 3.05) is 5.32 Å². The largest absolute Gasteiger partial charge is 0.385 e. The minimum Gasteiger partial charge on any atom is -0.385 e. The van der Waals surface area contributed by atoms with Gasteiger partial charge in [-0.2, -0.15) is 10.2 Å². The maximum atomic E-state index is 13.7. The Kier molecular flexibility index (Phi) is 6.13. The molecular formula is C29H36N6O3. The molecule has 1 aromatic carbocycles. The number of amides is 2. The fourth-order valence-electron chi connectivity index (χ4n) is 5.79. The molecule has 3 N–H and O–H groups in total. The minimum atomic E-state index is -0.784. The summed E-state index contributed by atoms with van der Waals surface area (Å²) in [5.74, 6) is 0.656. The summed E-state index contributed by atoms with van der Waals surface area (Å²) in [6.45, 7) is 3.96. The zero-order valence-corrected chi connectivity index (χ0v) is 22.2. The monoisotopic (exact) mass is 516 g/mol. The van der Waals surface area contributed by atoms with Gasteiger partial charge >= 0.3 is 0 Å². The zero-order chi connectivity index (χ0) is 26.6. The van der Waals surface area contributed by atoms with Crippen LogP contribution in [0.4, 0.5) is 5.69 Å². The van der Waals surface area contributed by atoms with Gasteiger partial charge in [0.25, 0.3) is 5.91 Å². The molecule has 0 saturated heterocycles. The third-order valence-corrected chi connectivity index (χ3v) is 8.27. The van der Waals surface area contributed by atoms with Crippen LogP contribution in [0.3, 0.4) is 0 Å². The third-order valence-electron chi connectivity index (χ3n) is 8.27. The summed E-state index contributed by atoms with van der Waals surface area (Å²) in [4.78, 5) is 27.0. The molecule has 2 amide bonds. The molecule has 9 nitrogen and oxygen atoms in total. The van der Waals surface area contributed by atoms with E-state index >= 15 is 0 Å². The van der Waals surface area contributed by atoms with Crippen molar-refractivity contribution in [3.05, 3.63) is 54.0 Å². The molecule has 0 spiro atoms. The van der Waals surface area contributed by atoms with Crippen molar-refractivity contribution in [1.29, 1.82) is 0 Å². The molecule has 9 heteroatoms. The molecule has 0 radical (unpaired) electrons. The molecule has 1 atom stereocenters. The van der Waals surface area contributed by atoms with Crippen LogP contribution in [0.5, 0.6) is 0 Å². The molecule has 6 rings (SSSR count). The first-order valence-electron chi connectivity index (χ1n) is 13.8. The van der Waals surface area contributed by atoms with Crippen molar-refractivity contribution in [3.63, 3.8) is 0 Å². The van der Waals surface area contributed by atoms with Gasteiger partial charge in [0.1, 0.15) is 11.7 Å². The van der Waals surface area contributed by atoms with Crippen molar-refractivity contribution in [3.8, 4) is 11.3 Å². The van der Waals surface area contributed by atoms with Crippen LogP contribution in [0.1, 0.15) is 74.5 Å². The number of rotatable bonds is 10. The lowest BCUT2D eigenvalue weighted by atomic mass is 9.88. The molecule has 0 unspecified atom stereocenters. The molecule has 3 aromatic rings. The van der Waals surface area contributed by atoms with E-state index in [1.54, 1.807) is 27.8 Å². The summed E-state index contributed by atoms with van der Waals surface area (Å²) in [5, 5.41) is 25.5. The average Bonchev–Trinajstić information content (AvgIpc) is 3.85. The number of hydrogen-bond donors (Lipinski definition) is 3. The van der Waals surface area contributed by atoms with E-state index in [2.05, 4.69) is 20.8 Å². The van der Waals surface area contributed by atoms with E-state index in [-0.39, 0.29) is 23.8 Å². The van der Waals surface area contributed by atoms with E-state index in [0.717, 1.165) is 55.3 Å². The molecule has 2 heterocycles. The highest BCUT2D eigenvalue weighted by molar-refractivity contribution is 6.01.